The van der Waals surface area contributed by atoms with Gasteiger partial charge in [-0.25, -0.2) is 0 Å². The van der Waals surface area contributed by atoms with Crippen LogP contribution in [0.25, 0.3) is 0 Å². The molecule has 0 unspecified atom stereocenters. The topological polar surface area (TPSA) is 87.3 Å². The molecule has 0 saturated heterocycles. The third-order valence-electron chi connectivity index (χ3n) is 4.39. The predicted octanol–water partition coefficient (Wildman–Crippen LogP) is 3.83. The van der Waals surface area contributed by atoms with E-state index in [0.29, 0.717) is 36.3 Å². The highest BCUT2D eigenvalue weighted by molar-refractivity contribution is 7.08. The summed E-state index contributed by atoms with van der Waals surface area (Å²) in [7, 11) is 0. The Labute approximate surface area is 179 Å². The Morgan fingerprint density at radius 3 is 2.37 bits per heavy atom. The molecule has 3 rings (SSSR count). The number of hydrogen-bond acceptors (Lipinski definition) is 4. The lowest BCUT2D eigenvalue weighted by Crippen LogP contribution is -2.26. The molecule has 0 saturated carbocycles. The van der Waals surface area contributed by atoms with E-state index >= 15 is 0 Å². The van der Waals surface area contributed by atoms with Crippen LogP contribution in [0.2, 0.25) is 0 Å². The molecular weight excluding hydrogens is 398 g/mol. The lowest BCUT2D eigenvalue weighted by molar-refractivity contribution is -0.116. The van der Waals surface area contributed by atoms with E-state index in [1.165, 1.54) is 11.3 Å². The van der Waals surface area contributed by atoms with Crippen LogP contribution in [0.3, 0.4) is 0 Å². The second kappa shape index (κ2) is 10.9. The molecule has 154 valence electrons. The van der Waals surface area contributed by atoms with Gasteiger partial charge >= 0.3 is 0 Å². The number of thiophene rings is 1. The third-order valence-corrected chi connectivity index (χ3v) is 5.07. The first kappa shape index (κ1) is 21.3. The maximum Gasteiger partial charge on any atom is 0.253 e. The number of anilines is 1. The van der Waals surface area contributed by atoms with Crippen LogP contribution >= 0.6 is 11.3 Å². The summed E-state index contributed by atoms with van der Waals surface area (Å²) in [5, 5.41) is 12.1. The zero-order valence-corrected chi connectivity index (χ0v) is 17.2. The highest BCUT2D eigenvalue weighted by Gasteiger charge is 2.13. The van der Waals surface area contributed by atoms with Crippen LogP contribution in [0.4, 0.5) is 5.69 Å². The van der Waals surface area contributed by atoms with Crippen LogP contribution in [-0.2, 0) is 11.3 Å². The number of amides is 3. The molecule has 0 fully saturated rings. The summed E-state index contributed by atoms with van der Waals surface area (Å²) < 4.78 is 0. The van der Waals surface area contributed by atoms with Crippen molar-refractivity contribution in [1.82, 2.24) is 10.6 Å². The second-order valence-corrected chi connectivity index (χ2v) is 7.41. The van der Waals surface area contributed by atoms with Gasteiger partial charge in [0.15, 0.2) is 0 Å². The van der Waals surface area contributed by atoms with Gasteiger partial charge in [-0.15, -0.1) is 0 Å². The van der Waals surface area contributed by atoms with Gasteiger partial charge in [-0.3, -0.25) is 14.4 Å². The van der Waals surface area contributed by atoms with Crippen LogP contribution in [0.5, 0.6) is 0 Å². The minimum atomic E-state index is -0.252. The second-order valence-electron chi connectivity index (χ2n) is 6.63. The maximum atomic E-state index is 12.6. The smallest absolute Gasteiger partial charge is 0.253 e. The van der Waals surface area contributed by atoms with Crippen molar-refractivity contribution in [3.63, 3.8) is 0 Å². The van der Waals surface area contributed by atoms with E-state index in [9.17, 15) is 14.4 Å². The monoisotopic (exact) mass is 421 g/mol. The molecule has 7 heteroatoms. The average Bonchev–Trinajstić information content (AvgIpc) is 3.31. The van der Waals surface area contributed by atoms with E-state index in [1.54, 1.807) is 35.7 Å². The quantitative estimate of drug-likeness (QED) is 0.459. The first-order valence-corrected chi connectivity index (χ1v) is 10.6. The normalized spacial score (nSPS) is 10.3. The molecule has 3 N–H and O–H groups in total. The highest BCUT2D eigenvalue weighted by atomic mass is 32.1. The van der Waals surface area contributed by atoms with Crippen molar-refractivity contribution in [1.29, 1.82) is 0 Å². The molecule has 30 heavy (non-hydrogen) atoms. The zero-order chi connectivity index (χ0) is 21.2. The molecule has 2 aromatic carbocycles. The van der Waals surface area contributed by atoms with Gasteiger partial charge in [-0.1, -0.05) is 42.5 Å². The lowest BCUT2D eigenvalue weighted by Gasteiger charge is -2.12. The number of hydrogen-bond donors (Lipinski definition) is 3. The van der Waals surface area contributed by atoms with E-state index in [4.69, 9.17) is 0 Å². The molecule has 0 aliphatic heterocycles. The lowest BCUT2D eigenvalue weighted by atomic mass is 10.1. The SMILES string of the molecule is O=C(CCCNC(=O)c1ccsc1)Nc1ccccc1C(=O)NCc1ccccc1. The Kier molecular flexibility index (Phi) is 7.74. The Bertz CT molecular complexity index is 988. The van der Waals surface area contributed by atoms with E-state index in [-0.39, 0.29) is 24.1 Å². The highest BCUT2D eigenvalue weighted by Crippen LogP contribution is 2.16. The zero-order valence-electron chi connectivity index (χ0n) is 16.4. The van der Waals surface area contributed by atoms with Gasteiger partial charge in [-0.05, 0) is 35.6 Å². The summed E-state index contributed by atoms with van der Waals surface area (Å²) in [6.45, 7) is 0.813. The molecule has 0 spiro atoms. The summed E-state index contributed by atoms with van der Waals surface area (Å²) in [6.07, 6.45) is 0.744. The molecule has 0 bridgehead atoms. The van der Waals surface area contributed by atoms with Gasteiger partial charge in [0.05, 0.1) is 11.3 Å². The Morgan fingerprint density at radius 1 is 0.833 bits per heavy atom. The third kappa shape index (κ3) is 6.28. The van der Waals surface area contributed by atoms with Gasteiger partial charge in [0.2, 0.25) is 5.91 Å². The van der Waals surface area contributed by atoms with E-state index < -0.39 is 0 Å². The first-order valence-electron chi connectivity index (χ1n) is 9.65. The number of nitrogens with one attached hydrogen (secondary N) is 3. The fraction of sp³-hybridized carbons (Fsp3) is 0.174. The van der Waals surface area contributed by atoms with Crippen molar-refractivity contribution in [2.75, 3.05) is 11.9 Å². The van der Waals surface area contributed by atoms with Gasteiger partial charge in [-0.2, -0.15) is 11.3 Å². The molecule has 0 aliphatic carbocycles. The van der Waals surface area contributed by atoms with Crippen LogP contribution in [-0.4, -0.2) is 24.3 Å². The Hall–Kier alpha value is -3.45. The Balaban J connectivity index is 1.47. The molecule has 1 heterocycles. The van der Waals surface area contributed by atoms with E-state index in [0.717, 1.165) is 5.56 Å². The van der Waals surface area contributed by atoms with Gasteiger partial charge in [0, 0.05) is 30.5 Å². The number of rotatable bonds is 9. The fourth-order valence-corrected chi connectivity index (χ4v) is 3.46. The summed E-state index contributed by atoms with van der Waals surface area (Å²) in [5.41, 5.74) is 2.50. The van der Waals surface area contributed by atoms with Gasteiger partial charge in [0.25, 0.3) is 11.8 Å². The van der Waals surface area contributed by atoms with E-state index in [2.05, 4.69) is 16.0 Å². The van der Waals surface area contributed by atoms with Crippen molar-refractivity contribution in [2.45, 2.75) is 19.4 Å². The fourth-order valence-electron chi connectivity index (χ4n) is 2.82. The summed E-state index contributed by atoms with van der Waals surface area (Å²) in [6, 6.07) is 18.3. The minimum absolute atomic E-state index is 0.142. The number of carbonyl (C=O) groups excluding carboxylic acids is 3. The van der Waals surface area contributed by atoms with Crippen molar-refractivity contribution in [2.24, 2.45) is 0 Å². The van der Waals surface area contributed by atoms with Gasteiger partial charge < -0.3 is 16.0 Å². The summed E-state index contributed by atoms with van der Waals surface area (Å²) in [5.74, 6) is -0.599. The minimum Gasteiger partial charge on any atom is -0.352 e. The van der Waals surface area contributed by atoms with Crippen LogP contribution < -0.4 is 16.0 Å². The molecule has 0 radical (unpaired) electrons. The molecule has 3 amide bonds. The largest absolute Gasteiger partial charge is 0.352 e. The summed E-state index contributed by atoms with van der Waals surface area (Å²) in [4.78, 5) is 36.7. The van der Waals surface area contributed by atoms with E-state index in [1.807, 2.05) is 35.7 Å². The molecule has 0 aliphatic rings. The van der Waals surface area contributed by atoms with Crippen molar-refractivity contribution < 1.29 is 14.4 Å². The molecule has 0 atom stereocenters. The van der Waals surface area contributed by atoms with Crippen LogP contribution in [0, 0.1) is 0 Å². The van der Waals surface area contributed by atoms with Crippen LogP contribution in [0.1, 0.15) is 39.1 Å². The Morgan fingerprint density at radius 2 is 1.60 bits per heavy atom. The van der Waals surface area contributed by atoms with Crippen molar-refractivity contribution in [3.05, 3.63) is 88.1 Å². The standard InChI is InChI=1S/C23H23N3O3S/c27-21(11-6-13-24-22(28)18-12-14-30-16-18)26-20-10-5-4-9-19(20)23(29)25-15-17-7-2-1-3-8-17/h1-5,7-10,12,14,16H,6,11,13,15H2,(H,24,28)(H,25,29)(H,26,27). The number of carbonyl (C=O) groups is 3. The molecular formula is C23H23N3O3S. The molecule has 1 aromatic heterocycles. The molecule has 6 nitrogen and oxygen atoms in total. The van der Waals surface area contributed by atoms with Crippen molar-refractivity contribution in [3.8, 4) is 0 Å². The molecule has 3 aromatic rings. The first-order chi connectivity index (χ1) is 14.6. The number of para-hydroxylation sites is 1. The van der Waals surface area contributed by atoms with Gasteiger partial charge in [0.1, 0.15) is 0 Å². The summed E-state index contributed by atoms with van der Waals surface area (Å²) >= 11 is 1.46. The maximum absolute atomic E-state index is 12.6. The number of benzene rings is 2. The van der Waals surface area contributed by atoms with Crippen LogP contribution in [0.15, 0.2) is 71.4 Å². The predicted molar refractivity (Wildman–Crippen MR) is 119 cm³/mol. The average molecular weight is 422 g/mol. The van der Waals surface area contributed by atoms with Crippen molar-refractivity contribution >= 4 is 34.7 Å².